The Hall–Kier alpha value is -2.88. The van der Waals surface area contributed by atoms with Crippen LogP contribution in [0.15, 0.2) is 48.5 Å². The van der Waals surface area contributed by atoms with Gasteiger partial charge in [0.1, 0.15) is 0 Å². The highest BCUT2D eigenvalue weighted by Gasteiger charge is 2.05. The van der Waals surface area contributed by atoms with Gasteiger partial charge in [0, 0.05) is 0 Å². The summed E-state index contributed by atoms with van der Waals surface area (Å²) in [4.78, 5) is 23.0. The van der Waals surface area contributed by atoms with E-state index in [1.54, 1.807) is 36.4 Å². The fraction of sp³-hybridized carbons (Fsp3) is 0.111. The Kier molecular flexibility index (Phi) is 5.09. The molecule has 4 nitrogen and oxygen atoms in total. The van der Waals surface area contributed by atoms with Gasteiger partial charge in [-0.2, -0.15) is 0 Å². The van der Waals surface area contributed by atoms with Crippen LogP contribution in [0.2, 0.25) is 0 Å². The highest BCUT2D eigenvalue weighted by atomic mass is 16.5. The number of hydrogen-bond acceptors (Lipinski definition) is 4. The minimum Gasteiger partial charge on any atom is -0.465 e. The van der Waals surface area contributed by atoms with Crippen molar-refractivity contribution in [3.8, 4) is 0 Å². The lowest BCUT2D eigenvalue weighted by Crippen LogP contribution is -2.01. The zero-order valence-corrected chi connectivity index (χ0v) is 12.4. The Morgan fingerprint density at radius 2 is 1.18 bits per heavy atom. The molecule has 0 aliphatic heterocycles. The molecule has 0 amide bonds. The first-order valence-electron chi connectivity index (χ1n) is 6.69. The second-order valence-electron chi connectivity index (χ2n) is 4.57. The minimum absolute atomic E-state index is 0.372. The van der Waals surface area contributed by atoms with Crippen molar-refractivity contribution in [2.45, 2.75) is 0 Å². The van der Waals surface area contributed by atoms with Gasteiger partial charge in [-0.05, 0) is 35.4 Å². The average Bonchev–Trinajstić information content (AvgIpc) is 2.59. The zero-order valence-electron chi connectivity index (χ0n) is 12.4. The van der Waals surface area contributed by atoms with E-state index in [2.05, 4.69) is 0 Å². The number of benzene rings is 2. The third kappa shape index (κ3) is 3.82. The van der Waals surface area contributed by atoms with Gasteiger partial charge in [-0.15, -0.1) is 0 Å². The molecule has 0 spiro atoms. The molecule has 0 fully saturated rings. The van der Waals surface area contributed by atoms with Crippen LogP contribution in [0, 0.1) is 0 Å². The molecule has 0 radical (unpaired) electrons. The van der Waals surface area contributed by atoms with Crippen molar-refractivity contribution in [2.24, 2.45) is 0 Å². The van der Waals surface area contributed by atoms with Gasteiger partial charge in [-0.3, -0.25) is 0 Å². The predicted molar refractivity (Wildman–Crippen MR) is 84.5 cm³/mol. The minimum atomic E-state index is -0.372. The lowest BCUT2D eigenvalue weighted by Gasteiger charge is -2.01. The average molecular weight is 296 g/mol. The number of ether oxygens (including phenoxy) is 2. The first kappa shape index (κ1) is 15.5. The van der Waals surface area contributed by atoms with Crippen molar-refractivity contribution in [3.63, 3.8) is 0 Å². The highest BCUT2D eigenvalue weighted by molar-refractivity contribution is 5.91. The van der Waals surface area contributed by atoms with Gasteiger partial charge >= 0.3 is 11.9 Å². The Bertz CT molecular complexity index is 655. The molecule has 2 rings (SSSR count). The van der Waals surface area contributed by atoms with Gasteiger partial charge in [0.25, 0.3) is 0 Å². The van der Waals surface area contributed by atoms with Crippen molar-refractivity contribution in [3.05, 3.63) is 70.8 Å². The van der Waals surface area contributed by atoms with Gasteiger partial charge in [0.2, 0.25) is 0 Å². The third-order valence-electron chi connectivity index (χ3n) is 3.08. The Balaban J connectivity index is 2.22. The normalized spacial score (nSPS) is 10.5. The molecule has 0 saturated carbocycles. The van der Waals surface area contributed by atoms with E-state index in [1.165, 1.54) is 14.2 Å². The summed E-state index contributed by atoms with van der Waals surface area (Å²) in [7, 11) is 2.70. The first-order chi connectivity index (χ1) is 10.6. The van der Waals surface area contributed by atoms with E-state index in [1.807, 2.05) is 24.3 Å². The van der Waals surface area contributed by atoms with Crippen molar-refractivity contribution in [1.29, 1.82) is 0 Å². The van der Waals surface area contributed by atoms with E-state index in [0.717, 1.165) is 11.1 Å². The summed E-state index contributed by atoms with van der Waals surface area (Å²) >= 11 is 0. The second-order valence-corrected chi connectivity index (χ2v) is 4.57. The Morgan fingerprint density at radius 1 is 0.773 bits per heavy atom. The second kappa shape index (κ2) is 7.22. The molecule has 0 heterocycles. The molecule has 4 heteroatoms. The number of rotatable bonds is 4. The Labute approximate surface area is 129 Å². The predicted octanol–water partition coefficient (Wildman–Crippen LogP) is 3.43. The van der Waals surface area contributed by atoms with Crippen molar-refractivity contribution < 1.29 is 19.1 Å². The highest BCUT2D eigenvalue weighted by Crippen LogP contribution is 2.13. The van der Waals surface area contributed by atoms with E-state index in [9.17, 15) is 9.59 Å². The summed E-state index contributed by atoms with van der Waals surface area (Å²) in [6, 6.07) is 14.2. The number of carbonyl (C=O) groups excluding carboxylic acids is 2. The fourth-order valence-electron chi connectivity index (χ4n) is 1.97. The van der Waals surface area contributed by atoms with Crippen LogP contribution in [-0.4, -0.2) is 26.2 Å². The molecule has 2 aromatic carbocycles. The van der Waals surface area contributed by atoms with Crippen LogP contribution in [0.3, 0.4) is 0 Å². The molecule has 0 aliphatic rings. The SMILES string of the molecule is COC(=O)c1cccc(C=Cc2cccc(C(=O)OC)c2)c1. The molecular formula is C18H16O4. The molecule has 22 heavy (non-hydrogen) atoms. The molecule has 0 N–H and O–H groups in total. The number of hydrogen-bond donors (Lipinski definition) is 0. The summed E-state index contributed by atoms with van der Waals surface area (Å²) in [6.45, 7) is 0. The van der Waals surface area contributed by atoms with Crippen molar-refractivity contribution >= 4 is 24.1 Å². The van der Waals surface area contributed by atoms with Crippen LogP contribution in [0.1, 0.15) is 31.8 Å². The van der Waals surface area contributed by atoms with E-state index in [0.29, 0.717) is 11.1 Å². The number of methoxy groups -OCH3 is 2. The maximum atomic E-state index is 11.5. The van der Waals surface area contributed by atoms with Crippen LogP contribution in [0.4, 0.5) is 0 Å². The summed E-state index contributed by atoms with van der Waals surface area (Å²) in [5.74, 6) is -0.745. The fourth-order valence-corrected chi connectivity index (χ4v) is 1.97. The maximum Gasteiger partial charge on any atom is 0.337 e. The molecule has 0 saturated heterocycles. The van der Waals surface area contributed by atoms with Crippen LogP contribution in [0.25, 0.3) is 12.2 Å². The lowest BCUT2D eigenvalue weighted by atomic mass is 10.1. The summed E-state index contributed by atoms with van der Waals surface area (Å²) in [5.41, 5.74) is 2.72. The van der Waals surface area contributed by atoms with E-state index >= 15 is 0 Å². The third-order valence-corrected chi connectivity index (χ3v) is 3.08. The van der Waals surface area contributed by atoms with Crippen LogP contribution < -0.4 is 0 Å². The molecule has 112 valence electrons. The van der Waals surface area contributed by atoms with Gasteiger partial charge in [-0.1, -0.05) is 36.4 Å². The summed E-state index contributed by atoms with van der Waals surface area (Å²) in [5, 5.41) is 0. The van der Waals surface area contributed by atoms with E-state index in [-0.39, 0.29) is 11.9 Å². The molecule has 0 atom stereocenters. The number of carbonyl (C=O) groups is 2. The number of esters is 2. The van der Waals surface area contributed by atoms with Crippen LogP contribution in [-0.2, 0) is 9.47 Å². The van der Waals surface area contributed by atoms with Gasteiger partial charge in [-0.25, -0.2) is 9.59 Å². The quantitative estimate of drug-likeness (QED) is 0.640. The monoisotopic (exact) mass is 296 g/mol. The largest absolute Gasteiger partial charge is 0.465 e. The first-order valence-corrected chi connectivity index (χ1v) is 6.69. The van der Waals surface area contributed by atoms with Gasteiger partial charge in [0.15, 0.2) is 0 Å². The molecule has 0 aromatic heterocycles. The Morgan fingerprint density at radius 3 is 1.55 bits per heavy atom. The van der Waals surface area contributed by atoms with Crippen molar-refractivity contribution in [2.75, 3.05) is 14.2 Å². The maximum absolute atomic E-state index is 11.5. The zero-order chi connectivity index (χ0) is 15.9. The molecular weight excluding hydrogens is 280 g/mol. The van der Waals surface area contributed by atoms with E-state index < -0.39 is 0 Å². The topological polar surface area (TPSA) is 52.6 Å². The van der Waals surface area contributed by atoms with Crippen LogP contribution in [0.5, 0.6) is 0 Å². The summed E-state index contributed by atoms with van der Waals surface area (Å²) in [6.07, 6.45) is 3.73. The van der Waals surface area contributed by atoms with Gasteiger partial charge < -0.3 is 9.47 Å². The summed E-state index contributed by atoms with van der Waals surface area (Å²) < 4.78 is 9.39. The van der Waals surface area contributed by atoms with Crippen LogP contribution >= 0.6 is 0 Å². The standard InChI is InChI=1S/C18H16O4/c1-21-17(19)15-7-3-5-13(11-15)9-10-14-6-4-8-16(12-14)18(20)22-2/h3-12H,1-2H3. The lowest BCUT2D eigenvalue weighted by molar-refractivity contribution is 0.0592. The molecule has 2 aromatic rings. The van der Waals surface area contributed by atoms with Gasteiger partial charge in [0.05, 0.1) is 25.3 Å². The van der Waals surface area contributed by atoms with Crippen molar-refractivity contribution in [1.82, 2.24) is 0 Å². The smallest absolute Gasteiger partial charge is 0.337 e. The molecule has 0 bridgehead atoms. The molecule has 0 aliphatic carbocycles. The van der Waals surface area contributed by atoms with E-state index in [4.69, 9.17) is 9.47 Å². The molecule has 0 unspecified atom stereocenters.